The number of nitrogens with zero attached hydrogens (tertiary/aromatic N) is 5. The topological polar surface area (TPSA) is 95.9 Å². The summed E-state index contributed by atoms with van der Waals surface area (Å²) in [5.74, 6) is -0.496. The second-order valence-electron chi connectivity index (χ2n) is 14.6. The molecule has 9 nitrogen and oxygen atoms in total. The summed E-state index contributed by atoms with van der Waals surface area (Å²) in [5, 5.41) is 15.9. The van der Waals surface area contributed by atoms with E-state index in [1.165, 1.54) is 12.1 Å². The Morgan fingerprint density at radius 3 is 2.78 bits per heavy atom. The first kappa shape index (κ1) is 30.9. The Morgan fingerprint density at radius 2 is 2.00 bits per heavy atom. The molecule has 0 unspecified atom stereocenters. The second-order valence-corrected chi connectivity index (χ2v) is 14.6. The van der Waals surface area contributed by atoms with Crippen LogP contribution < -0.4 is 19.7 Å². The average Bonchev–Trinajstić information content (AvgIpc) is 3.57. The molecule has 3 saturated heterocycles. The van der Waals surface area contributed by atoms with Crippen molar-refractivity contribution >= 4 is 27.5 Å². The van der Waals surface area contributed by atoms with Crippen LogP contribution in [0.2, 0.25) is 0 Å². The SMILES string of the molecule is CCc1c(F)ccc2cc(O)cc(-c3nc4c5c(nc(OCC6(CN7CC/C(=C/F)C7)CC6)nc5c3F)N3C[C@H]5CC[C@H](N5)[C@H]3[C@H](C)O4)c12. The molecule has 9 rings (SSSR count). The van der Waals surface area contributed by atoms with E-state index >= 15 is 8.78 Å². The molecule has 1 aliphatic carbocycles. The number of benzene rings is 2. The highest BCUT2D eigenvalue weighted by molar-refractivity contribution is 6.03. The first-order valence-electron chi connectivity index (χ1n) is 17.4. The fourth-order valence-corrected chi connectivity index (χ4v) is 8.75. The van der Waals surface area contributed by atoms with Gasteiger partial charge in [-0.25, -0.2) is 18.2 Å². The van der Waals surface area contributed by atoms with Crippen LogP contribution in [0.3, 0.4) is 0 Å². The van der Waals surface area contributed by atoms with Gasteiger partial charge in [-0.1, -0.05) is 13.0 Å². The monoisotopic (exact) mass is 672 g/mol. The Labute approximate surface area is 282 Å². The van der Waals surface area contributed by atoms with Crippen LogP contribution in [0.25, 0.3) is 32.9 Å². The standard InChI is InChI=1S/C37H39F3N6O3/c1-3-24-26(39)6-4-21-12-23(47)13-25(28(21)24)31-30(40)32-29-34(46-16-22-5-7-27(41-22)33(46)19(2)49-35(29)42-31)44-36(43-32)48-18-37(9-10-37)17-45-11-8-20(14-38)15-45/h4,6,12-14,19,22,27,33,41,47H,3,5,7-11,15-18H2,1-2H3/b20-14-/t19-,22+,27-,33+/m0/s1. The average molecular weight is 673 g/mol. The Balaban J connectivity index is 1.19. The van der Waals surface area contributed by atoms with Crippen molar-refractivity contribution in [1.29, 1.82) is 0 Å². The summed E-state index contributed by atoms with van der Waals surface area (Å²) in [6, 6.07) is 6.32. The number of piperazine rings is 1. The maximum absolute atomic E-state index is 17.2. The number of likely N-dealkylation sites (tertiary alicyclic amines) is 1. The number of halogens is 3. The summed E-state index contributed by atoms with van der Waals surface area (Å²) in [7, 11) is 0. The molecule has 1 saturated carbocycles. The van der Waals surface area contributed by atoms with Crippen molar-refractivity contribution in [2.45, 2.75) is 76.6 Å². The number of aromatic nitrogens is 3. The molecule has 0 amide bonds. The van der Waals surface area contributed by atoms with Crippen molar-refractivity contribution in [3.8, 4) is 28.9 Å². The largest absolute Gasteiger partial charge is 0.508 e. The number of nitrogens with one attached hydrogen (secondary N) is 1. The number of phenols is 1. The number of hydrogen-bond donors (Lipinski definition) is 2. The van der Waals surface area contributed by atoms with Gasteiger partial charge >= 0.3 is 6.01 Å². The molecule has 6 heterocycles. The summed E-state index contributed by atoms with van der Waals surface area (Å²) >= 11 is 0. The zero-order valence-electron chi connectivity index (χ0n) is 27.6. The molecule has 49 heavy (non-hydrogen) atoms. The van der Waals surface area contributed by atoms with Crippen LogP contribution in [0.5, 0.6) is 17.6 Å². The van der Waals surface area contributed by atoms with E-state index < -0.39 is 11.6 Å². The molecule has 2 N–H and O–H groups in total. The Kier molecular flexibility index (Phi) is 7.21. The number of hydrogen-bond acceptors (Lipinski definition) is 9. The van der Waals surface area contributed by atoms with Crippen molar-refractivity contribution in [2.75, 3.05) is 37.7 Å². The lowest BCUT2D eigenvalue weighted by molar-refractivity contribution is 0.154. The Morgan fingerprint density at radius 1 is 1.14 bits per heavy atom. The minimum absolute atomic E-state index is 0.00629. The van der Waals surface area contributed by atoms with Gasteiger partial charge in [0.15, 0.2) is 5.82 Å². The van der Waals surface area contributed by atoms with Crippen LogP contribution in [0.4, 0.5) is 19.0 Å². The zero-order chi connectivity index (χ0) is 33.6. The first-order valence-corrected chi connectivity index (χ1v) is 17.4. The normalized spacial score (nSPS) is 26.3. The third-order valence-electron chi connectivity index (χ3n) is 11.3. The number of ether oxygens (including phenoxy) is 2. The molecule has 4 fully saturated rings. The number of fused-ring (bicyclic) bond motifs is 6. The maximum Gasteiger partial charge on any atom is 0.319 e. The van der Waals surface area contributed by atoms with E-state index in [9.17, 15) is 9.50 Å². The molecule has 0 radical (unpaired) electrons. The van der Waals surface area contributed by atoms with Crippen LogP contribution in [0, 0.1) is 17.0 Å². The van der Waals surface area contributed by atoms with Crippen molar-refractivity contribution in [3.63, 3.8) is 0 Å². The van der Waals surface area contributed by atoms with E-state index in [1.54, 1.807) is 12.1 Å². The number of phenolic OH excluding ortho intramolecular Hbond substituents is 1. The highest BCUT2D eigenvalue weighted by atomic mass is 19.1. The maximum atomic E-state index is 17.2. The first-order chi connectivity index (χ1) is 23.7. The molecule has 2 bridgehead atoms. The van der Waals surface area contributed by atoms with Crippen molar-refractivity contribution in [2.24, 2.45) is 5.41 Å². The predicted octanol–water partition coefficient (Wildman–Crippen LogP) is 6.20. The lowest BCUT2D eigenvalue weighted by Crippen LogP contribution is -2.62. The molecule has 4 aliphatic heterocycles. The molecular weight excluding hydrogens is 633 g/mol. The number of rotatable bonds is 7. The van der Waals surface area contributed by atoms with Crippen LogP contribution >= 0.6 is 0 Å². The predicted molar refractivity (Wildman–Crippen MR) is 180 cm³/mol. The minimum Gasteiger partial charge on any atom is -0.508 e. The van der Waals surface area contributed by atoms with Crippen molar-refractivity contribution in [3.05, 3.63) is 53.4 Å². The molecule has 256 valence electrons. The van der Waals surface area contributed by atoms with Gasteiger partial charge in [0.25, 0.3) is 0 Å². The third kappa shape index (κ3) is 5.09. The quantitative estimate of drug-likeness (QED) is 0.238. The smallest absolute Gasteiger partial charge is 0.319 e. The molecule has 2 aromatic heterocycles. The van der Waals surface area contributed by atoms with Gasteiger partial charge in [-0.05, 0) is 85.6 Å². The number of aromatic hydroxyl groups is 1. The molecule has 0 spiro atoms. The summed E-state index contributed by atoms with van der Waals surface area (Å²) < 4.78 is 58.5. The van der Waals surface area contributed by atoms with E-state index in [0.29, 0.717) is 53.7 Å². The van der Waals surface area contributed by atoms with Gasteiger partial charge in [0, 0.05) is 49.2 Å². The summed E-state index contributed by atoms with van der Waals surface area (Å²) in [6.45, 7) is 7.08. The third-order valence-corrected chi connectivity index (χ3v) is 11.3. The van der Waals surface area contributed by atoms with E-state index in [-0.39, 0.29) is 64.1 Å². The molecule has 4 aromatic rings. The van der Waals surface area contributed by atoms with Crippen LogP contribution in [-0.2, 0) is 6.42 Å². The number of anilines is 1. The lowest BCUT2D eigenvalue weighted by atomic mass is 9.94. The van der Waals surface area contributed by atoms with E-state index in [4.69, 9.17) is 24.4 Å². The number of aryl methyl sites for hydroxylation is 1. The van der Waals surface area contributed by atoms with Gasteiger partial charge in [-0.3, -0.25) is 4.90 Å². The fourth-order valence-electron chi connectivity index (χ4n) is 8.75. The van der Waals surface area contributed by atoms with Crippen molar-refractivity contribution in [1.82, 2.24) is 25.2 Å². The van der Waals surface area contributed by atoms with Crippen LogP contribution in [0.15, 0.2) is 36.2 Å². The van der Waals surface area contributed by atoms with Crippen molar-refractivity contribution < 1.29 is 27.8 Å². The Bertz CT molecular complexity index is 2040. The molecule has 4 atom stereocenters. The van der Waals surface area contributed by atoms with Gasteiger partial charge < -0.3 is 24.8 Å². The van der Waals surface area contributed by atoms with Gasteiger partial charge in [0.05, 0.1) is 19.0 Å². The minimum atomic E-state index is -0.720. The number of pyridine rings is 1. The molecular formula is C37H39F3N6O3. The van der Waals surface area contributed by atoms with Gasteiger partial charge in [-0.15, -0.1) is 0 Å². The highest BCUT2D eigenvalue weighted by Crippen LogP contribution is 2.49. The van der Waals surface area contributed by atoms with Gasteiger partial charge in [0.2, 0.25) is 5.88 Å². The second kappa shape index (κ2) is 11.4. The summed E-state index contributed by atoms with van der Waals surface area (Å²) in [5.41, 5.74) is 1.29. The van der Waals surface area contributed by atoms with Gasteiger partial charge in [-0.2, -0.15) is 9.97 Å². The van der Waals surface area contributed by atoms with E-state index in [2.05, 4.69) is 15.1 Å². The van der Waals surface area contributed by atoms with Crippen LogP contribution in [0.1, 0.15) is 51.5 Å². The lowest BCUT2D eigenvalue weighted by Gasteiger charge is -2.42. The van der Waals surface area contributed by atoms with E-state index in [0.717, 1.165) is 57.1 Å². The highest BCUT2D eigenvalue weighted by Gasteiger charge is 2.48. The van der Waals surface area contributed by atoms with Crippen LogP contribution in [-0.4, -0.2) is 82.0 Å². The molecule has 2 aromatic carbocycles. The zero-order valence-corrected chi connectivity index (χ0v) is 27.6. The summed E-state index contributed by atoms with van der Waals surface area (Å²) in [6.07, 6.45) is 5.45. The van der Waals surface area contributed by atoms with Gasteiger partial charge in [0.1, 0.15) is 40.1 Å². The Hall–Kier alpha value is -4.16. The fraction of sp³-hybridized carbons (Fsp3) is 0.486. The molecule has 12 heteroatoms. The summed E-state index contributed by atoms with van der Waals surface area (Å²) in [4.78, 5) is 18.9. The molecule has 5 aliphatic rings. The van der Waals surface area contributed by atoms with E-state index in [1.807, 2.05) is 13.8 Å².